The van der Waals surface area contributed by atoms with E-state index in [0.717, 1.165) is 23.8 Å². The summed E-state index contributed by atoms with van der Waals surface area (Å²) in [6.07, 6.45) is -1.80. The van der Waals surface area contributed by atoms with Crippen LogP contribution in [0.15, 0.2) is 48.5 Å². The number of halogens is 4. The smallest absolute Gasteiger partial charge is 0.399 e. The van der Waals surface area contributed by atoms with Crippen LogP contribution in [0.2, 0.25) is 5.02 Å². The number of carbonyl (C=O) groups excluding carboxylic acids is 1. The number of alkyl halides is 3. The van der Waals surface area contributed by atoms with E-state index < -0.39 is 17.6 Å². The molecule has 3 N–H and O–H groups in total. The van der Waals surface area contributed by atoms with Gasteiger partial charge in [-0.25, -0.2) is 0 Å². The van der Waals surface area contributed by atoms with Crippen LogP contribution in [0.3, 0.4) is 0 Å². The average Bonchev–Trinajstić information content (AvgIpc) is 2.48. The second-order valence-electron chi connectivity index (χ2n) is 4.68. The minimum Gasteiger partial charge on any atom is -0.399 e. The molecule has 2 aromatic rings. The van der Waals surface area contributed by atoms with Crippen LogP contribution in [0.25, 0.3) is 6.08 Å². The Morgan fingerprint density at radius 2 is 1.78 bits per heavy atom. The fourth-order valence-corrected chi connectivity index (χ4v) is 1.92. The van der Waals surface area contributed by atoms with Crippen LogP contribution < -0.4 is 11.1 Å². The number of nitrogen functional groups attached to an aromatic ring is 1. The monoisotopic (exact) mass is 340 g/mol. The first-order valence-corrected chi connectivity index (χ1v) is 6.85. The lowest BCUT2D eigenvalue weighted by atomic mass is 10.2. The summed E-state index contributed by atoms with van der Waals surface area (Å²) in [6, 6.07) is 9.47. The summed E-state index contributed by atoms with van der Waals surface area (Å²) < 4.78 is 38.0. The predicted octanol–water partition coefficient (Wildman–Crippen LogP) is 4.59. The van der Waals surface area contributed by atoms with Crippen LogP contribution in [0, 0.1) is 0 Å². The zero-order valence-corrected chi connectivity index (χ0v) is 12.4. The summed E-state index contributed by atoms with van der Waals surface area (Å²) >= 11 is 5.80. The van der Waals surface area contributed by atoms with Crippen LogP contribution in [0.1, 0.15) is 11.1 Å². The van der Waals surface area contributed by atoms with E-state index in [-0.39, 0.29) is 10.7 Å². The number of rotatable bonds is 3. The molecule has 0 heterocycles. The maximum absolute atomic E-state index is 12.7. The van der Waals surface area contributed by atoms with Gasteiger partial charge in [0, 0.05) is 11.8 Å². The van der Waals surface area contributed by atoms with Gasteiger partial charge in [-0.2, -0.15) is 13.2 Å². The van der Waals surface area contributed by atoms with Crippen LogP contribution in [-0.4, -0.2) is 5.91 Å². The molecule has 0 saturated carbocycles. The van der Waals surface area contributed by atoms with Crippen molar-refractivity contribution < 1.29 is 18.0 Å². The molecule has 0 aliphatic heterocycles. The number of benzene rings is 2. The van der Waals surface area contributed by atoms with Crippen molar-refractivity contribution in [3.8, 4) is 0 Å². The summed E-state index contributed by atoms with van der Waals surface area (Å²) in [5.41, 5.74) is 5.86. The van der Waals surface area contributed by atoms with Crippen LogP contribution in [0.4, 0.5) is 24.5 Å². The first-order valence-electron chi connectivity index (χ1n) is 6.47. The quantitative estimate of drug-likeness (QED) is 0.634. The molecular formula is C16H12ClF3N2O. The van der Waals surface area contributed by atoms with Gasteiger partial charge in [-0.05, 0) is 42.0 Å². The van der Waals surface area contributed by atoms with Gasteiger partial charge in [0.2, 0.25) is 5.91 Å². The Bertz CT molecular complexity index is 740. The molecule has 0 fully saturated rings. The fraction of sp³-hybridized carbons (Fsp3) is 0.0625. The van der Waals surface area contributed by atoms with Crippen molar-refractivity contribution in [3.63, 3.8) is 0 Å². The number of hydrogen-bond donors (Lipinski definition) is 2. The van der Waals surface area contributed by atoms with Crippen molar-refractivity contribution in [2.75, 3.05) is 11.1 Å². The Morgan fingerprint density at radius 3 is 2.39 bits per heavy atom. The van der Waals surface area contributed by atoms with Gasteiger partial charge < -0.3 is 11.1 Å². The molecule has 1 amide bonds. The maximum atomic E-state index is 12.7. The topological polar surface area (TPSA) is 55.1 Å². The Kier molecular flexibility index (Phi) is 4.95. The van der Waals surface area contributed by atoms with Crippen molar-refractivity contribution in [2.24, 2.45) is 0 Å². The van der Waals surface area contributed by atoms with Crippen LogP contribution in [-0.2, 0) is 11.0 Å². The molecule has 7 heteroatoms. The zero-order chi connectivity index (χ0) is 17.0. The molecule has 0 aliphatic carbocycles. The molecule has 0 unspecified atom stereocenters. The summed E-state index contributed by atoms with van der Waals surface area (Å²) in [5.74, 6) is -0.594. The molecule has 0 radical (unpaired) electrons. The standard InChI is InChI=1S/C16H12ClF3N2O/c17-13-7-4-11(16(18,19)20)9-14(13)22-15(23)8-3-10-1-5-12(21)6-2-10/h1-9H,21H2,(H,22,23)/b8-3+. The van der Waals surface area contributed by atoms with E-state index in [4.69, 9.17) is 17.3 Å². The third kappa shape index (κ3) is 4.75. The normalized spacial score (nSPS) is 11.7. The first kappa shape index (κ1) is 16.9. The minimum absolute atomic E-state index is 0.0206. The highest BCUT2D eigenvalue weighted by Gasteiger charge is 2.31. The van der Waals surface area contributed by atoms with E-state index in [9.17, 15) is 18.0 Å². The summed E-state index contributed by atoms with van der Waals surface area (Å²) in [4.78, 5) is 11.8. The van der Waals surface area contributed by atoms with E-state index in [2.05, 4.69) is 5.32 Å². The van der Waals surface area contributed by atoms with E-state index >= 15 is 0 Å². The van der Waals surface area contributed by atoms with Crippen molar-refractivity contribution >= 4 is 35.0 Å². The van der Waals surface area contributed by atoms with Crippen molar-refractivity contribution in [3.05, 3.63) is 64.7 Å². The van der Waals surface area contributed by atoms with Gasteiger partial charge in [-0.1, -0.05) is 23.7 Å². The van der Waals surface area contributed by atoms with Crippen molar-refractivity contribution in [2.45, 2.75) is 6.18 Å². The van der Waals surface area contributed by atoms with E-state index in [1.165, 1.54) is 12.2 Å². The lowest BCUT2D eigenvalue weighted by molar-refractivity contribution is -0.137. The van der Waals surface area contributed by atoms with E-state index in [1.54, 1.807) is 24.3 Å². The largest absolute Gasteiger partial charge is 0.416 e. The number of nitrogens with one attached hydrogen (secondary N) is 1. The number of nitrogens with two attached hydrogens (primary N) is 1. The first-order chi connectivity index (χ1) is 10.8. The summed E-state index contributed by atoms with van der Waals surface area (Å²) in [6.45, 7) is 0. The molecule has 120 valence electrons. The molecule has 0 aliphatic rings. The Balaban J connectivity index is 2.12. The van der Waals surface area contributed by atoms with E-state index in [0.29, 0.717) is 5.69 Å². The number of hydrogen-bond acceptors (Lipinski definition) is 2. The molecule has 0 atom stereocenters. The zero-order valence-electron chi connectivity index (χ0n) is 11.7. The molecule has 2 rings (SSSR count). The van der Waals surface area contributed by atoms with Gasteiger partial charge >= 0.3 is 6.18 Å². The third-order valence-corrected chi connectivity index (χ3v) is 3.24. The molecule has 2 aromatic carbocycles. The van der Waals surface area contributed by atoms with Gasteiger partial charge in [-0.15, -0.1) is 0 Å². The lowest BCUT2D eigenvalue weighted by Gasteiger charge is -2.10. The fourth-order valence-electron chi connectivity index (χ4n) is 1.75. The number of carbonyl (C=O) groups is 1. The molecular weight excluding hydrogens is 329 g/mol. The second kappa shape index (κ2) is 6.75. The highest BCUT2D eigenvalue weighted by atomic mass is 35.5. The maximum Gasteiger partial charge on any atom is 0.416 e. The molecule has 0 aromatic heterocycles. The highest BCUT2D eigenvalue weighted by Crippen LogP contribution is 2.33. The SMILES string of the molecule is Nc1ccc(/C=C/C(=O)Nc2cc(C(F)(F)F)ccc2Cl)cc1. The average molecular weight is 341 g/mol. The number of amides is 1. The molecule has 23 heavy (non-hydrogen) atoms. The minimum atomic E-state index is -4.51. The highest BCUT2D eigenvalue weighted by molar-refractivity contribution is 6.33. The third-order valence-electron chi connectivity index (χ3n) is 2.92. The Hall–Kier alpha value is -2.47. The van der Waals surface area contributed by atoms with Gasteiger partial charge in [0.15, 0.2) is 0 Å². The van der Waals surface area contributed by atoms with Crippen LogP contribution >= 0.6 is 11.6 Å². The number of anilines is 2. The second-order valence-corrected chi connectivity index (χ2v) is 5.09. The van der Waals surface area contributed by atoms with Crippen LogP contribution in [0.5, 0.6) is 0 Å². The Morgan fingerprint density at radius 1 is 1.13 bits per heavy atom. The summed E-state index contributed by atoms with van der Waals surface area (Å²) in [5, 5.41) is 2.34. The van der Waals surface area contributed by atoms with Gasteiger partial charge in [0.25, 0.3) is 0 Å². The molecule has 0 bridgehead atoms. The van der Waals surface area contributed by atoms with Gasteiger partial charge in [-0.3, -0.25) is 4.79 Å². The van der Waals surface area contributed by atoms with Gasteiger partial charge in [0.1, 0.15) is 0 Å². The van der Waals surface area contributed by atoms with Crippen molar-refractivity contribution in [1.29, 1.82) is 0 Å². The molecule has 3 nitrogen and oxygen atoms in total. The molecule has 0 saturated heterocycles. The Labute approximate surface area is 135 Å². The molecule has 0 spiro atoms. The summed E-state index contributed by atoms with van der Waals surface area (Å²) in [7, 11) is 0. The van der Waals surface area contributed by atoms with Crippen molar-refractivity contribution in [1.82, 2.24) is 0 Å². The van der Waals surface area contributed by atoms with Gasteiger partial charge in [0.05, 0.1) is 16.3 Å². The van der Waals surface area contributed by atoms with E-state index in [1.807, 2.05) is 0 Å². The predicted molar refractivity (Wildman–Crippen MR) is 85.0 cm³/mol. The lowest BCUT2D eigenvalue weighted by Crippen LogP contribution is -2.11.